The molecule has 1 heterocycles. The number of ketones is 1. The fraction of sp³-hybridized carbons (Fsp3) is 0.706. The molecule has 2 nitrogen and oxygen atoms in total. The first-order chi connectivity index (χ1) is 9.41. The molecule has 1 aliphatic rings. The summed E-state index contributed by atoms with van der Waals surface area (Å²) in [6.45, 7) is 6.71. The lowest BCUT2D eigenvalue weighted by atomic mass is 9.69. The molecule has 0 N–H and O–H groups in total. The quantitative estimate of drug-likeness (QED) is 0.804. The van der Waals surface area contributed by atoms with Gasteiger partial charge in [-0.15, -0.1) is 11.3 Å². The molecule has 2 rings (SSSR count). The van der Waals surface area contributed by atoms with Crippen LogP contribution in [0.1, 0.15) is 56.2 Å². The van der Waals surface area contributed by atoms with E-state index in [9.17, 15) is 4.79 Å². The van der Waals surface area contributed by atoms with Gasteiger partial charge in [-0.3, -0.25) is 4.79 Å². The number of carbonyl (C=O) groups excluding carboxylic acids is 1. The van der Waals surface area contributed by atoms with E-state index < -0.39 is 5.60 Å². The lowest BCUT2D eigenvalue weighted by Crippen LogP contribution is -2.46. The van der Waals surface area contributed by atoms with Gasteiger partial charge in [0.25, 0.3) is 0 Å². The monoisotopic (exact) mass is 294 g/mol. The number of aryl methyl sites for hydroxylation is 1. The van der Waals surface area contributed by atoms with E-state index >= 15 is 0 Å². The standard InChI is InChI=1S/C17H26O2S/c1-5-13-6-7-14(20-13)12-15(18)17(19-4)10-8-16(2,3)9-11-17/h6-7H,5,8-12H2,1-4H3. The zero-order chi connectivity index (χ0) is 14.8. The lowest BCUT2D eigenvalue weighted by molar-refractivity contribution is -0.147. The molecule has 1 aromatic rings. The molecule has 20 heavy (non-hydrogen) atoms. The molecule has 112 valence electrons. The summed E-state index contributed by atoms with van der Waals surface area (Å²) in [5.41, 5.74) is -0.188. The third kappa shape index (κ3) is 3.32. The number of Topliss-reactive ketones (excluding diaryl/α,β-unsaturated/α-hetero) is 1. The second-order valence-electron chi connectivity index (χ2n) is 6.68. The van der Waals surface area contributed by atoms with Crippen LogP contribution in [-0.2, 0) is 22.4 Å². The zero-order valence-corrected chi connectivity index (χ0v) is 13.9. The van der Waals surface area contributed by atoms with Crippen molar-refractivity contribution in [2.24, 2.45) is 5.41 Å². The number of hydrogen-bond donors (Lipinski definition) is 0. The summed E-state index contributed by atoms with van der Waals surface area (Å²) in [5.74, 6) is 0.264. The molecule has 0 radical (unpaired) electrons. The van der Waals surface area contributed by atoms with E-state index in [1.165, 1.54) is 9.75 Å². The molecule has 0 bridgehead atoms. The maximum atomic E-state index is 12.7. The van der Waals surface area contributed by atoms with E-state index in [-0.39, 0.29) is 5.78 Å². The van der Waals surface area contributed by atoms with Crippen LogP contribution in [0.25, 0.3) is 0 Å². The predicted octanol–water partition coefficient (Wildman–Crippen LogP) is 4.41. The van der Waals surface area contributed by atoms with Crippen molar-refractivity contribution >= 4 is 17.1 Å². The van der Waals surface area contributed by atoms with Crippen molar-refractivity contribution in [3.05, 3.63) is 21.9 Å². The molecule has 0 aliphatic heterocycles. The molecule has 0 aromatic carbocycles. The number of methoxy groups -OCH3 is 1. The van der Waals surface area contributed by atoms with Gasteiger partial charge in [-0.05, 0) is 49.7 Å². The van der Waals surface area contributed by atoms with Crippen molar-refractivity contribution in [1.82, 2.24) is 0 Å². The van der Waals surface area contributed by atoms with Gasteiger partial charge in [-0.2, -0.15) is 0 Å². The van der Waals surface area contributed by atoms with E-state index in [0.717, 1.165) is 32.1 Å². The Bertz CT molecular complexity index is 463. The van der Waals surface area contributed by atoms with Gasteiger partial charge in [0, 0.05) is 23.3 Å². The van der Waals surface area contributed by atoms with Gasteiger partial charge < -0.3 is 4.74 Å². The van der Waals surface area contributed by atoms with Crippen molar-refractivity contribution in [2.45, 2.75) is 64.9 Å². The van der Waals surface area contributed by atoms with E-state index in [4.69, 9.17) is 4.74 Å². The molecule has 0 unspecified atom stereocenters. The molecular formula is C17H26O2S. The largest absolute Gasteiger partial charge is 0.370 e. The Morgan fingerprint density at radius 1 is 1.20 bits per heavy atom. The van der Waals surface area contributed by atoms with Crippen LogP contribution in [0.3, 0.4) is 0 Å². The predicted molar refractivity (Wildman–Crippen MR) is 84.4 cm³/mol. The number of thiophene rings is 1. The van der Waals surface area contributed by atoms with Gasteiger partial charge in [0.1, 0.15) is 5.60 Å². The van der Waals surface area contributed by atoms with Gasteiger partial charge in [0.15, 0.2) is 5.78 Å². The van der Waals surface area contributed by atoms with E-state index in [1.807, 2.05) is 0 Å². The van der Waals surface area contributed by atoms with Crippen molar-refractivity contribution in [2.75, 3.05) is 7.11 Å². The second kappa shape index (κ2) is 5.98. The minimum Gasteiger partial charge on any atom is -0.370 e. The first kappa shape index (κ1) is 15.7. The summed E-state index contributed by atoms with van der Waals surface area (Å²) in [6, 6.07) is 4.23. The normalized spacial score (nSPS) is 20.8. The minimum absolute atomic E-state index is 0.264. The van der Waals surface area contributed by atoms with Crippen LogP contribution in [0.5, 0.6) is 0 Å². The molecule has 1 aliphatic carbocycles. The van der Waals surface area contributed by atoms with Crippen LogP contribution < -0.4 is 0 Å². The minimum atomic E-state index is -0.536. The van der Waals surface area contributed by atoms with E-state index in [0.29, 0.717) is 11.8 Å². The van der Waals surface area contributed by atoms with E-state index in [1.54, 1.807) is 18.4 Å². The molecular weight excluding hydrogens is 268 g/mol. The third-order valence-electron chi connectivity index (χ3n) is 4.71. The van der Waals surface area contributed by atoms with Crippen LogP contribution in [0.2, 0.25) is 0 Å². The molecule has 0 spiro atoms. The maximum Gasteiger partial charge on any atom is 0.169 e. The van der Waals surface area contributed by atoms with Crippen molar-refractivity contribution in [3.63, 3.8) is 0 Å². The number of hydrogen-bond acceptors (Lipinski definition) is 3. The fourth-order valence-electron chi connectivity index (χ4n) is 2.95. The molecule has 0 amide bonds. The maximum absolute atomic E-state index is 12.7. The Morgan fingerprint density at radius 3 is 2.30 bits per heavy atom. The van der Waals surface area contributed by atoms with Crippen molar-refractivity contribution < 1.29 is 9.53 Å². The lowest BCUT2D eigenvalue weighted by Gasteiger charge is -2.41. The van der Waals surface area contributed by atoms with Gasteiger partial charge in [0.05, 0.1) is 0 Å². The SMILES string of the molecule is CCc1ccc(CC(=O)C2(OC)CCC(C)(C)CC2)s1. The average molecular weight is 294 g/mol. The molecule has 1 aromatic heterocycles. The first-order valence-electron chi connectivity index (χ1n) is 7.57. The van der Waals surface area contributed by atoms with Gasteiger partial charge >= 0.3 is 0 Å². The van der Waals surface area contributed by atoms with Crippen LogP contribution in [0, 0.1) is 5.41 Å². The summed E-state index contributed by atoms with van der Waals surface area (Å²) in [6.07, 6.45) is 5.43. The highest BCUT2D eigenvalue weighted by Crippen LogP contribution is 2.42. The topological polar surface area (TPSA) is 26.3 Å². The van der Waals surface area contributed by atoms with Crippen LogP contribution in [0.4, 0.5) is 0 Å². The van der Waals surface area contributed by atoms with Gasteiger partial charge in [0.2, 0.25) is 0 Å². The Balaban J connectivity index is 2.06. The Labute approximate surface area is 126 Å². The summed E-state index contributed by atoms with van der Waals surface area (Å²) in [7, 11) is 1.70. The Kier molecular flexibility index (Phi) is 4.70. The van der Waals surface area contributed by atoms with E-state index in [2.05, 4.69) is 32.9 Å². The molecule has 1 saturated carbocycles. The van der Waals surface area contributed by atoms with Crippen LogP contribution >= 0.6 is 11.3 Å². The summed E-state index contributed by atoms with van der Waals surface area (Å²) < 4.78 is 5.69. The molecule has 3 heteroatoms. The average Bonchev–Trinajstić information content (AvgIpc) is 2.87. The molecule has 1 fully saturated rings. The smallest absolute Gasteiger partial charge is 0.169 e. The summed E-state index contributed by atoms with van der Waals surface area (Å²) in [5, 5.41) is 0. The van der Waals surface area contributed by atoms with Gasteiger partial charge in [-0.1, -0.05) is 20.8 Å². The first-order valence-corrected chi connectivity index (χ1v) is 8.38. The Hall–Kier alpha value is -0.670. The summed E-state index contributed by atoms with van der Waals surface area (Å²) >= 11 is 1.76. The number of ether oxygens (including phenoxy) is 1. The highest BCUT2D eigenvalue weighted by Gasteiger charge is 2.43. The zero-order valence-electron chi connectivity index (χ0n) is 13.1. The van der Waals surface area contributed by atoms with Crippen LogP contribution in [0.15, 0.2) is 12.1 Å². The summed E-state index contributed by atoms with van der Waals surface area (Å²) in [4.78, 5) is 15.2. The second-order valence-corrected chi connectivity index (χ2v) is 7.94. The fourth-order valence-corrected chi connectivity index (χ4v) is 3.91. The molecule has 0 atom stereocenters. The number of carbonyl (C=O) groups is 1. The van der Waals surface area contributed by atoms with Crippen molar-refractivity contribution in [1.29, 1.82) is 0 Å². The van der Waals surface area contributed by atoms with Gasteiger partial charge in [-0.25, -0.2) is 0 Å². The third-order valence-corrected chi connectivity index (χ3v) is 5.94. The Morgan fingerprint density at radius 2 is 1.80 bits per heavy atom. The van der Waals surface area contributed by atoms with Crippen molar-refractivity contribution in [3.8, 4) is 0 Å². The van der Waals surface area contributed by atoms with Crippen LogP contribution in [-0.4, -0.2) is 18.5 Å². The highest BCUT2D eigenvalue weighted by molar-refractivity contribution is 7.12. The molecule has 0 saturated heterocycles. The highest BCUT2D eigenvalue weighted by atomic mass is 32.1. The number of rotatable bonds is 5.